The van der Waals surface area contributed by atoms with E-state index in [1.54, 1.807) is 17.3 Å². The van der Waals surface area contributed by atoms with E-state index < -0.39 is 5.41 Å². The topological polar surface area (TPSA) is 84.3 Å². The Hall–Kier alpha value is -3.33. The lowest BCUT2D eigenvalue weighted by atomic mass is 9.63. The quantitative estimate of drug-likeness (QED) is 0.577. The summed E-state index contributed by atoms with van der Waals surface area (Å²) in [6.45, 7) is 7.15. The summed E-state index contributed by atoms with van der Waals surface area (Å²) < 4.78 is 5.71. The van der Waals surface area contributed by atoms with E-state index in [1.807, 2.05) is 51.4 Å². The average Bonchev–Trinajstić information content (AvgIpc) is 2.99. The van der Waals surface area contributed by atoms with Gasteiger partial charge in [0.05, 0.1) is 42.8 Å². The lowest BCUT2D eigenvalue weighted by Gasteiger charge is -2.61. The second-order valence-corrected chi connectivity index (χ2v) is 9.99. The van der Waals surface area contributed by atoms with Gasteiger partial charge in [0.1, 0.15) is 19.5 Å². The Kier molecular flexibility index (Phi) is 4.20. The minimum atomic E-state index is -0.664. The van der Waals surface area contributed by atoms with E-state index in [2.05, 4.69) is 27.7 Å². The molecule has 8 nitrogen and oxygen atoms in total. The van der Waals surface area contributed by atoms with E-state index in [0.29, 0.717) is 25.1 Å². The molecule has 1 unspecified atom stereocenters. The van der Waals surface area contributed by atoms with Gasteiger partial charge in [0, 0.05) is 23.4 Å². The highest BCUT2D eigenvalue weighted by molar-refractivity contribution is 6.19. The van der Waals surface area contributed by atoms with E-state index in [9.17, 15) is 4.79 Å². The smallest absolute Gasteiger partial charge is 0.242 e. The zero-order valence-electron chi connectivity index (χ0n) is 19.2. The molecule has 3 aliphatic heterocycles. The van der Waals surface area contributed by atoms with Gasteiger partial charge in [-0.3, -0.25) is 14.7 Å². The Morgan fingerprint density at radius 1 is 1.09 bits per heavy atom. The summed E-state index contributed by atoms with van der Waals surface area (Å²) in [6, 6.07) is 6.38. The van der Waals surface area contributed by atoms with Gasteiger partial charge >= 0.3 is 0 Å². The minimum Gasteiger partial charge on any atom is -0.378 e. The van der Waals surface area contributed by atoms with Crippen LogP contribution in [0.2, 0.25) is 0 Å². The van der Waals surface area contributed by atoms with Gasteiger partial charge in [-0.25, -0.2) is 15.0 Å². The zero-order chi connectivity index (χ0) is 23.0. The Morgan fingerprint density at radius 2 is 1.85 bits per heavy atom. The molecule has 0 radical (unpaired) electrons. The number of benzene rings is 1. The summed E-state index contributed by atoms with van der Waals surface area (Å²) >= 11 is 0. The molecule has 2 saturated heterocycles. The lowest BCUT2D eigenvalue weighted by molar-refractivity contribution is -0.121. The largest absolute Gasteiger partial charge is 0.378 e. The molecule has 2 atom stereocenters. The number of morpholine rings is 1. The maximum Gasteiger partial charge on any atom is 0.242 e. The van der Waals surface area contributed by atoms with Crippen LogP contribution in [-0.4, -0.2) is 58.4 Å². The summed E-state index contributed by atoms with van der Waals surface area (Å²) in [6.07, 6.45) is 8.15. The molecule has 1 amide bonds. The van der Waals surface area contributed by atoms with Crippen molar-refractivity contribution in [2.75, 3.05) is 23.0 Å². The van der Waals surface area contributed by atoms with Gasteiger partial charge in [0.2, 0.25) is 5.91 Å². The normalized spacial score (nSPS) is 25.1. The van der Waals surface area contributed by atoms with Crippen LogP contribution < -0.4 is 9.80 Å². The molecule has 33 heavy (non-hydrogen) atoms. The Bertz CT molecular complexity index is 1280. The molecule has 2 aromatic heterocycles. The van der Waals surface area contributed by atoms with E-state index in [-0.39, 0.29) is 11.3 Å². The van der Waals surface area contributed by atoms with Gasteiger partial charge < -0.3 is 9.64 Å². The van der Waals surface area contributed by atoms with Crippen LogP contribution in [0.25, 0.3) is 11.1 Å². The molecule has 0 N–H and O–H groups in total. The molecule has 2 bridgehead atoms. The molecule has 0 spiro atoms. The molecule has 6 rings (SSSR count). The summed E-state index contributed by atoms with van der Waals surface area (Å²) in [4.78, 5) is 35.6. The third kappa shape index (κ3) is 2.91. The Morgan fingerprint density at radius 3 is 2.58 bits per heavy atom. The van der Waals surface area contributed by atoms with Crippen LogP contribution in [0.4, 0.5) is 17.3 Å². The molecule has 3 aliphatic rings. The number of fused-ring (bicyclic) bond motifs is 3. The maximum atomic E-state index is 13.6. The predicted octanol–water partition coefficient (Wildman–Crippen LogP) is 2.14. The second kappa shape index (κ2) is 6.84. The van der Waals surface area contributed by atoms with E-state index in [1.165, 1.54) is 0 Å². The number of amides is 1. The van der Waals surface area contributed by atoms with E-state index >= 15 is 0 Å². The van der Waals surface area contributed by atoms with Crippen LogP contribution in [0.3, 0.4) is 0 Å². The standard InChI is InChI=1S/C24H25BN6O2/c1-14-27-8-16(9-28-14)15-4-5-18-19(6-15)30(22(32)23(18,2)3)20-10-26-11-21(29-20)31-17-7-24(31,25)13-33-12-17/h4-6,8-11,17H,7,12-13,25H2,1-3H3/t17-,24?/m1/s1. The highest BCUT2D eigenvalue weighted by atomic mass is 16.5. The molecular weight excluding hydrogens is 415 g/mol. The van der Waals surface area contributed by atoms with Gasteiger partial charge in [-0.1, -0.05) is 12.1 Å². The number of hydrogen-bond acceptors (Lipinski definition) is 7. The molecule has 0 saturated carbocycles. The first-order chi connectivity index (χ1) is 15.8. The van der Waals surface area contributed by atoms with Crippen LogP contribution >= 0.6 is 0 Å². The molecule has 166 valence electrons. The number of rotatable bonds is 3. The van der Waals surface area contributed by atoms with Gasteiger partial charge in [0.25, 0.3) is 0 Å². The van der Waals surface area contributed by atoms with Crippen molar-refractivity contribution in [3.63, 3.8) is 0 Å². The van der Waals surface area contributed by atoms with Crippen LogP contribution in [0.5, 0.6) is 0 Å². The first-order valence-corrected chi connectivity index (χ1v) is 11.3. The van der Waals surface area contributed by atoms with Crippen LogP contribution in [0.15, 0.2) is 43.0 Å². The summed E-state index contributed by atoms with van der Waals surface area (Å²) in [5.74, 6) is 2.03. The highest BCUT2D eigenvalue weighted by Crippen LogP contribution is 2.47. The van der Waals surface area contributed by atoms with Crippen molar-refractivity contribution in [1.82, 2.24) is 19.9 Å². The number of aromatic nitrogens is 4. The Labute approximate surface area is 193 Å². The van der Waals surface area contributed by atoms with E-state index in [0.717, 1.165) is 40.4 Å². The number of ether oxygens (including phenoxy) is 1. The first-order valence-electron chi connectivity index (χ1n) is 11.3. The summed E-state index contributed by atoms with van der Waals surface area (Å²) in [5.41, 5.74) is 2.92. The molecule has 5 heterocycles. The number of carbonyl (C=O) groups is 1. The van der Waals surface area contributed by atoms with Crippen molar-refractivity contribution >= 4 is 31.1 Å². The highest BCUT2D eigenvalue weighted by Gasteiger charge is 2.52. The van der Waals surface area contributed by atoms with Gasteiger partial charge in [-0.05, 0) is 44.4 Å². The summed E-state index contributed by atoms with van der Waals surface area (Å²) in [7, 11) is 2.19. The van der Waals surface area contributed by atoms with Crippen molar-refractivity contribution in [2.24, 2.45) is 0 Å². The molecule has 9 heteroatoms. The SMILES string of the molecule is BC12COC[C@@H](C1)N2c1cncc(N2C(=O)C(C)(C)c3ccc(-c4cnc(C)nc4)cc32)n1. The lowest BCUT2D eigenvalue weighted by Crippen LogP contribution is -2.74. The third-order valence-corrected chi connectivity index (χ3v) is 7.19. The van der Waals surface area contributed by atoms with Crippen molar-refractivity contribution in [3.8, 4) is 11.1 Å². The molecule has 1 aromatic carbocycles. The minimum absolute atomic E-state index is 0.0143. The van der Waals surface area contributed by atoms with Gasteiger partial charge in [0.15, 0.2) is 5.82 Å². The molecule has 3 aromatic rings. The second-order valence-electron chi connectivity index (χ2n) is 9.99. The fraction of sp³-hybridized carbons (Fsp3) is 0.375. The van der Waals surface area contributed by atoms with Crippen molar-refractivity contribution in [2.45, 2.75) is 44.1 Å². The van der Waals surface area contributed by atoms with Crippen LogP contribution in [0, 0.1) is 6.92 Å². The summed E-state index contributed by atoms with van der Waals surface area (Å²) in [5, 5.41) is 0. The number of carbonyl (C=O) groups excluding carboxylic acids is 1. The fourth-order valence-electron chi connectivity index (χ4n) is 5.43. The molecular formula is C24H25BN6O2. The third-order valence-electron chi connectivity index (χ3n) is 7.19. The van der Waals surface area contributed by atoms with E-state index in [4.69, 9.17) is 9.72 Å². The number of nitrogens with zero attached hydrogens (tertiary/aromatic N) is 6. The number of anilines is 3. The van der Waals surface area contributed by atoms with Crippen molar-refractivity contribution in [3.05, 3.63) is 54.4 Å². The molecule has 2 fully saturated rings. The monoisotopic (exact) mass is 440 g/mol. The molecule has 0 aliphatic carbocycles. The number of hydrogen-bond donors (Lipinski definition) is 0. The van der Waals surface area contributed by atoms with Crippen molar-refractivity contribution in [1.29, 1.82) is 0 Å². The van der Waals surface area contributed by atoms with Crippen LogP contribution in [0.1, 0.15) is 31.7 Å². The fourth-order valence-corrected chi connectivity index (χ4v) is 5.43. The zero-order valence-corrected chi connectivity index (χ0v) is 19.2. The first kappa shape index (κ1) is 20.3. The van der Waals surface area contributed by atoms with Gasteiger partial charge in [-0.2, -0.15) is 0 Å². The predicted molar refractivity (Wildman–Crippen MR) is 127 cm³/mol. The number of aryl methyl sites for hydroxylation is 1. The van der Waals surface area contributed by atoms with Gasteiger partial charge in [-0.15, -0.1) is 0 Å². The average molecular weight is 440 g/mol. The maximum absolute atomic E-state index is 13.6. The van der Waals surface area contributed by atoms with Crippen molar-refractivity contribution < 1.29 is 9.53 Å². The Balaban J connectivity index is 1.43. The van der Waals surface area contributed by atoms with Crippen LogP contribution in [-0.2, 0) is 14.9 Å².